The third kappa shape index (κ3) is 4.73. The fraction of sp³-hybridized carbons (Fsp3) is 0.321. The van der Waals surface area contributed by atoms with Crippen molar-refractivity contribution in [3.8, 4) is 5.75 Å². The van der Waals surface area contributed by atoms with Crippen molar-refractivity contribution in [2.75, 3.05) is 13.7 Å². The van der Waals surface area contributed by atoms with Crippen LogP contribution in [-0.4, -0.2) is 24.3 Å². The normalized spacial score (nSPS) is 16.1. The van der Waals surface area contributed by atoms with Crippen molar-refractivity contribution in [3.05, 3.63) is 96.2 Å². The lowest BCUT2D eigenvalue weighted by atomic mass is 9.87. The molecule has 2 aromatic carbocycles. The molecule has 0 bridgehead atoms. The van der Waals surface area contributed by atoms with E-state index in [0.29, 0.717) is 31.9 Å². The molecule has 3 aromatic rings. The predicted octanol–water partition coefficient (Wildman–Crippen LogP) is 4.10. The predicted molar refractivity (Wildman–Crippen MR) is 139 cm³/mol. The maximum Gasteiger partial charge on any atom is 0.338 e. The molecule has 6 nitrogen and oxygen atoms in total. The highest BCUT2D eigenvalue weighted by molar-refractivity contribution is 7.07. The van der Waals surface area contributed by atoms with Gasteiger partial charge in [0.2, 0.25) is 0 Å². The Kier molecular flexibility index (Phi) is 6.81. The van der Waals surface area contributed by atoms with Gasteiger partial charge in [-0.3, -0.25) is 9.36 Å². The Bertz CT molecular complexity index is 1470. The van der Waals surface area contributed by atoms with Gasteiger partial charge >= 0.3 is 5.97 Å². The van der Waals surface area contributed by atoms with E-state index >= 15 is 0 Å². The molecular formula is C28H30N2O4S. The number of fused-ring (bicyclic) bond motifs is 1. The van der Waals surface area contributed by atoms with E-state index in [9.17, 15) is 9.59 Å². The molecule has 0 fully saturated rings. The summed E-state index contributed by atoms with van der Waals surface area (Å²) in [6, 6.07) is 14.9. The van der Waals surface area contributed by atoms with Crippen LogP contribution in [0.3, 0.4) is 0 Å². The van der Waals surface area contributed by atoms with E-state index in [-0.39, 0.29) is 17.6 Å². The third-order valence-corrected chi connectivity index (χ3v) is 7.01. The lowest BCUT2D eigenvalue weighted by Gasteiger charge is -2.25. The summed E-state index contributed by atoms with van der Waals surface area (Å²) < 4.78 is 13.1. The van der Waals surface area contributed by atoms with Crippen molar-refractivity contribution < 1.29 is 14.3 Å². The molecule has 1 aromatic heterocycles. The second-order valence-electron chi connectivity index (χ2n) is 9.42. The molecule has 1 atom stereocenters. The molecule has 2 heterocycles. The largest absolute Gasteiger partial charge is 0.496 e. The lowest BCUT2D eigenvalue weighted by molar-refractivity contribution is -0.139. The van der Waals surface area contributed by atoms with Crippen LogP contribution >= 0.6 is 11.3 Å². The highest BCUT2D eigenvalue weighted by Crippen LogP contribution is 2.35. The second kappa shape index (κ2) is 9.66. The molecule has 35 heavy (non-hydrogen) atoms. The van der Waals surface area contributed by atoms with E-state index in [1.165, 1.54) is 16.9 Å². The van der Waals surface area contributed by atoms with Crippen molar-refractivity contribution in [2.45, 2.75) is 46.1 Å². The third-order valence-electron chi connectivity index (χ3n) is 6.03. The Morgan fingerprint density at radius 2 is 1.83 bits per heavy atom. The summed E-state index contributed by atoms with van der Waals surface area (Å²) in [5, 5.41) is 0. The van der Waals surface area contributed by atoms with Crippen molar-refractivity contribution in [1.82, 2.24) is 4.57 Å². The van der Waals surface area contributed by atoms with Crippen LogP contribution < -0.4 is 19.6 Å². The first-order chi connectivity index (χ1) is 16.7. The Morgan fingerprint density at radius 3 is 2.46 bits per heavy atom. The highest BCUT2D eigenvalue weighted by atomic mass is 32.1. The monoisotopic (exact) mass is 490 g/mol. The Morgan fingerprint density at radius 1 is 1.14 bits per heavy atom. The number of methoxy groups -OCH3 is 1. The first-order valence-corrected chi connectivity index (χ1v) is 12.4. The molecule has 1 aliphatic heterocycles. The molecule has 182 valence electrons. The van der Waals surface area contributed by atoms with Gasteiger partial charge in [-0.15, -0.1) is 0 Å². The van der Waals surface area contributed by atoms with E-state index in [1.807, 2.05) is 42.5 Å². The van der Waals surface area contributed by atoms with Crippen LogP contribution in [0.5, 0.6) is 5.75 Å². The van der Waals surface area contributed by atoms with E-state index in [1.54, 1.807) is 25.5 Å². The summed E-state index contributed by atoms with van der Waals surface area (Å²) in [4.78, 5) is 31.9. The zero-order chi connectivity index (χ0) is 25.3. The van der Waals surface area contributed by atoms with Crippen LogP contribution in [0.4, 0.5) is 0 Å². The van der Waals surface area contributed by atoms with Crippen LogP contribution in [0.1, 0.15) is 57.4 Å². The van der Waals surface area contributed by atoms with Gasteiger partial charge < -0.3 is 9.47 Å². The van der Waals surface area contributed by atoms with Crippen molar-refractivity contribution in [3.63, 3.8) is 0 Å². The number of nitrogens with zero attached hydrogens (tertiary/aromatic N) is 2. The smallest absolute Gasteiger partial charge is 0.338 e. The zero-order valence-electron chi connectivity index (χ0n) is 20.9. The Balaban J connectivity index is 1.92. The standard InChI is InChI=1S/C28H30N2O4S/c1-7-34-26(32)23-17(2)29-27-30(24(23)20-10-8-9-11-21(20)33-6)25(31)22(35-27)16-18-12-14-19(15-13-18)28(3,4)5/h8-16,24H,7H2,1-6H3/b22-16+. The average molecular weight is 491 g/mol. The number of hydrogen-bond acceptors (Lipinski definition) is 6. The van der Waals surface area contributed by atoms with Crippen LogP contribution in [0.15, 0.2) is 69.6 Å². The number of carbonyl (C=O) groups is 1. The molecule has 0 radical (unpaired) electrons. The quantitative estimate of drug-likeness (QED) is 0.505. The number of aromatic nitrogens is 1. The fourth-order valence-corrected chi connectivity index (χ4v) is 5.26. The Hall–Kier alpha value is -3.45. The van der Waals surface area contributed by atoms with Crippen molar-refractivity contribution >= 4 is 23.4 Å². The topological polar surface area (TPSA) is 69.9 Å². The zero-order valence-corrected chi connectivity index (χ0v) is 21.7. The molecule has 0 saturated carbocycles. The van der Waals surface area contributed by atoms with E-state index < -0.39 is 12.0 Å². The number of thiazole rings is 1. The summed E-state index contributed by atoms with van der Waals surface area (Å²) in [5.41, 5.74) is 3.56. The fourth-order valence-electron chi connectivity index (χ4n) is 4.21. The van der Waals surface area contributed by atoms with Crippen LogP contribution in [-0.2, 0) is 14.9 Å². The lowest BCUT2D eigenvalue weighted by Crippen LogP contribution is -2.40. The molecule has 1 unspecified atom stereocenters. The molecule has 4 rings (SSSR count). The van der Waals surface area contributed by atoms with Gasteiger partial charge in [-0.1, -0.05) is 74.6 Å². The van der Waals surface area contributed by atoms with E-state index in [0.717, 1.165) is 5.56 Å². The van der Waals surface area contributed by atoms with Crippen LogP contribution in [0.2, 0.25) is 0 Å². The van der Waals surface area contributed by atoms with E-state index in [4.69, 9.17) is 9.47 Å². The molecule has 0 amide bonds. The molecule has 0 spiro atoms. The van der Waals surface area contributed by atoms with Gasteiger partial charge in [0.25, 0.3) is 5.56 Å². The number of benzene rings is 2. The van der Waals surface area contributed by atoms with Gasteiger partial charge in [0.15, 0.2) is 4.80 Å². The summed E-state index contributed by atoms with van der Waals surface area (Å²) in [5.74, 6) is 0.0954. The van der Waals surface area contributed by atoms with Gasteiger partial charge in [0.1, 0.15) is 11.8 Å². The van der Waals surface area contributed by atoms with Gasteiger partial charge in [0.05, 0.1) is 29.5 Å². The molecule has 1 aliphatic rings. The van der Waals surface area contributed by atoms with Gasteiger partial charge in [-0.05, 0) is 42.5 Å². The second-order valence-corrected chi connectivity index (χ2v) is 10.4. The summed E-state index contributed by atoms with van der Waals surface area (Å²) in [6.07, 6.45) is 1.87. The Labute approximate surface area is 208 Å². The van der Waals surface area contributed by atoms with Crippen LogP contribution in [0, 0.1) is 0 Å². The SMILES string of the molecule is CCOC(=O)C1=C(C)N=c2s/c(=C/c3ccc(C(C)(C)C)cc3)c(=O)n2C1c1ccccc1OC. The minimum atomic E-state index is -0.702. The van der Waals surface area contributed by atoms with Crippen molar-refractivity contribution in [2.24, 2.45) is 4.99 Å². The highest BCUT2D eigenvalue weighted by Gasteiger charge is 2.34. The number of allylic oxidation sites excluding steroid dienone is 1. The average Bonchev–Trinajstić information content (AvgIpc) is 3.12. The minimum absolute atomic E-state index is 0.0492. The molecule has 7 heteroatoms. The van der Waals surface area contributed by atoms with Gasteiger partial charge in [-0.2, -0.15) is 0 Å². The van der Waals surface area contributed by atoms with Crippen molar-refractivity contribution in [1.29, 1.82) is 0 Å². The molecule has 0 aliphatic carbocycles. The van der Waals surface area contributed by atoms with Crippen LogP contribution in [0.25, 0.3) is 6.08 Å². The number of carbonyl (C=O) groups excluding carboxylic acids is 1. The summed E-state index contributed by atoms with van der Waals surface area (Å²) in [6.45, 7) is 10.3. The maximum absolute atomic E-state index is 13.7. The first kappa shape index (κ1) is 24.7. The maximum atomic E-state index is 13.7. The number of esters is 1. The minimum Gasteiger partial charge on any atom is -0.496 e. The molecular weight excluding hydrogens is 460 g/mol. The number of para-hydroxylation sites is 1. The summed E-state index contributed by atoms with van der Waals surface area (Å²) >= 11 is 1.31. The number of rotatable bonds is 5. The number of ether oxygens (including phenoxy) is 2. The van der Waals surface area contributed by atoms with Gasteiger partial charge in [0, 0.05) is 5.56 Å². The van der Waals surface area contributed by atoms with Gasteiger partial charge in [-0.25, -0.2) is 9.79 Å². The molecule has 0 saturated heterocycles. The summed E-state index contributed by atoms with van der Waals surface area (Å²) in [7, 11) is 1.57. The molecule has 0 N–H and O–H groups in total. The number of hydrogen-bond donors (Lipinski definition) is 0. The van der Waals surface area contributed by atoms with E-state index in [2.05, 4.69) is 37.9 Å². The first-order valence-electron chi connectivity index (χ1n) is 11.6.